The maximum absolute atomic E-state index is 11.4. The number of hydrogen-bond donors (Lipinski definition) is 1. The highest BCUT2D eigenvalue weighted by Crippen LogP contribution is 2.42. The van der Waals surface area contributed by atoms with Crippen molar-refractivity contribution >= 4 is 34.4 Å². The van der Waals surface area contributed by atoms with Crippen LogP contribution in [0.4, 0.5) is 17.1 Å². The molecule has 1 aliphatic heterocycles. The maximum Gasteiger partial charge on any atom is 0.271 e. The Hall–Kier alpha value is -4.24. The number of nitro benzene ring substituents is 1. The Bertz CT molecular complexity index is 1370. The van der Waals surface area contributed by atoms with Gasteiger partial charge in [-0.05, 0) is 66.8 Å². The molecule has 0 amide bonds. The van der Waals surface area contributed by atoms with Crippen LogP contribution in [0.2, 0.25) is 0 Å². The summed E-state index contributed by atoms with van der Waals surface area (Å²) in [7, 11) is 4.01. The van der Waals surface area contributed by atoms with Crippen molar-refractivity contribution in [2.75, 3.05) is 23.9 Å². The first kappa shape index (κ1) is 22.5. The molecule has 0 radical (unpaired) electrons. The van der Waals surface area contributed by atoms with Gasteiger partial charge in [-0.2, -0.15) is 0 Å². The highest BCUT2D eigenvalue weighted by molar-refractivity contribution is 7.80. The van der Waals surface area contributed by atoms with Crippen molar-refractivity contribution in [3.63, 3.8) is 0 Å². The predicted octanol–water partition coefficient (Wildman–Crippen LogP) is 5.02. The van der Waals surface area contributed by atoms with Crippen LogP contribution in [-0.2, 0) is 0 Å². The minimum Gasteiger partial charge on any atom is -0.378 e. The average Bonchev–Trinajstić information content (AvgIpc) is 3.49. The van der Waals surface area contributed by atoms with Gasteiger partial charge in [0, 0.05) is 55.7 Å². The molecule has 35 heavy (non-hydrogen) atoms. The van der Waals surface area contributed by atoms with Crippen LogP contribution in [0.25, 0.3) is 5.69 Å². The van der Waals surface area contributed by atoms with E-state index in [4.69, 9.17) is 12.2 Å². The van der Waals surface area contributed by atoms with Crippen molar-refractivity contribution in [1.82, 2.24) is 14.9 Å². The van der Waals surface area contributed by atoms with Crippen molar-refractivity contribution in [1.29, 1.82) is 0 Å². The van der Waals surface area contributed by atoms with E-state index in [-0.39, 0.29) is 22.7 Å². The molecule has 0 saturated carbocycles. The van der Waals surface area contributed by atoms with Crippen LogP contribution < -0.4 is 15.1 Å². The van der Waals surface area contributed by atoms with E-state index in [0.717, 1.165) is 22.8 Å². The fourth-order valence-electron chi connectivity index (χ4n) is 4.47. The number of rotatable bonds is 6. The zero-order chi connectivity index (χ0) is 24.5. The van der Waals surface area contributed by atoms with Gasteiger partial charge in [-0.3, -0.25) is 15.1 Å². The van der Waals surface area contributed by atoms with Gasteiger partial charge in [-0.1, -0.05) is 12.1 Å². The van der Waals surface area contributed by atoms with Crippen LogP contribution >= 0.6 is 12.2 Å². The first-order valence-corrected chi connectivity index (χ1v) is 11.5. The van der Waals surface area contributed by atoms with Gasteiger partial charge >= 0.3 is 0 Å². The van der Waals surface area contributed by atoms with E-state index in [9.17, 15) is 10.1 Å². The Morgan fingerprint density at radius 1 is 1.00 bits per heavy atom. The van der Waals surface area contributed by atoms with Crippen LogP contribution in [0.1, 0.15) is 23.5 Å². The molecule has 9 heteroatoms. The van der Waals surface area contributed by atoms with E-state index in [0.29, 0.717) is 10.8 Å². The van der Waals surface area contributed by atoms with Gasteiger partial charge in [0.2, 0.25) is 0 Å². The third-order valence-electron chi connectivity index (χ3n) is 6.14. The lowest BCUT2D eigenvalue weighted by Crippen LogP contribution is -2.30. The van der Waals surface area contributed by atoms with Crippen molar-refractivity contribution in [2.24, 2.45) is 0 Å². The van der Waals surface area contributed by atoms with Crippen molar-refractivity contribution < 1.29 is 4.92 Å². The molecule has 1 aliphatic rings. The Balaban J connectivity index is 1.64. The van der Waals surface area contributed by atoms with Gasteiger partial charge in [0.15, 0.2) is 5.11 Å². The number of thiocarbonyl (C=S) groups is 1. The molecular formula is C26H24N6O2S. The van der Waals surface area contributed by atoms with E-state index >= 15 is 0 Å². The molecule has 2 aromatic heterocycles. The highest BCUT2D eigenvalue weighted by atomic mass is 32.1. The molecule has 8 nitrogen and oxygen atoms in total. The van der Waals surface area contributed by atoms with E-state index in [1.165, 1.54) is 6.07 Å². The molecule has 2 atom stereocenters. The lowest BCUT2D eigenvalue weighted by atomic mass is 10.0. The number of nitro groups is 1. The summed E-state index contributed by atoms with van der Waals surface area (Å²) in [5.74, 6) is 0. The number of non-ortho nitro benzene ring substituents is 1. The molecule has 2 aromatic carbocycles. The minimum absolute atomic E-state index is 0.0413. The summed E-state index contributed by atoms with van der Waals surface area (Å²) >= 11 is 5.83. The fraction of sp³-hybridized carbons (Fsp3) is 0.154. The molecule has 176 valence electrons. The SMILES string of the molecule is CN(C)c1ccc(N2C(=S)N[C@@H](c3ccccn3)[C@@H]2c2cccn2-c2cccc([N+](=O)[O-])c2)cc1. The number of aromatic nitrogens is 2. The van der Waals surface area contributed by atoms with Crippen LogP contribution in [0.15, 0.2) is 91.3 Å². The van der Waals surface area contributed by atoms with Crippen molar-refractivity contribution in [2.45, 2.75) is 12.1 Å². The van der Waals surface area contributed by atoms with Crippen LogP contribution in [0.3, 0.4) is 0 Å². The molecule has 0 bridgehead atoms. The quantitative estimate of drug-likeness (QED) is 0.234. The largest absolute Gasteiger partial charge is 0.378 e. The minimum atomic E-state index is -0.381. The summed E-state index contributed by atoms with van der Waals surface area (Å²) in [6.07, 6.45) is 3.68. The molecule has 1 saturated heterocycles. The van der Waals surface area contributed by atoms with Crippen molar-refractivity contribution in [3.05, 3.63) is 113 Å². The first-order chi connectivity index (χ1) is 16.9. The normalized spacial score (nSPS) is 17.3. The monoisotopic (exact) mass is 484 g/mol. The summed E-state index contributed by atoms with van der Waals surface area (Å²) < 4.78 is 1.98. The van der Waals surface area contributed by atoms with Gasteiger partial charge < -0.3 is 19.7 Å². The Labute approximate surface area is 208 Å². The van der Waals surface area contributed by atoms with Gasteiger partial charge in [-0.25, -0.2) is 0 Å². The van der Waals surface area contributed by atoms with Gasteiger partial charge in [0.05, 0.1) is 22.3 Å². The molecule has 5 rings (SSSR count). The first-order valence-electron chi connectivity index (χ1n) is 11.1. The number of anilines is 2. The van der Waals surface area contributed by atoms with Crippen molar-refractivity contribution in [3.8, 4) is 5.69 Å². The number of pyridine rings is 1. The van der Waals surface area contributed by atoms with E-state index in [1.54, 1.807) is 18.3 Å². The highest BCUT2D eigenvalue weighted by Gasteiger charge is 2.42. The molecule has 1 fully saturated rings. The van der Waals surface area contributed by atoms with Crippen LogP contribution in [-0.4, -0.2) is 33.7 Å². The number of benzene rings is 2. The third-order valence-corrected chi connectivity index (χ3v) is 6.46. The zero-order valence-electron chi connectivity index (χ0n) is 19.3. The number of hydrogen-bond acceptors (Lipinski definition) is 5. The van der Waals surface area contributed by atoms with Gasteiger partial charge in [0.1, 0.15) is 6.04 Å². The molecule has 4 aromatic rings. The summed E-state index contributed by atoms with van der Waals surface area (Å²) in [6.45, 7) is 0. The molecule has 3 heterocycles. The third kappa shape index (κ3) is 4.22. The molecule has 1 N–H and O–H groups in total. The van der Waals surface area contributed by atoms with E-state index in [1.807, 2.05) is 66.2 Å². The summed E-state index contributed by atoms with van der Waals surface area (Å²) in [6, 6.07) is 24.2. The Morgan fingerprint density at radius 3 is 2.49 bits per heavy atom. The second-order valence-corrected chi connectivity index (χ2v) is 8.87. The smallest absolute Gasteiger partial charge is 0.271 e. The average molecular weight is 485 g/mol. The standard InChI is InChI=1S/C26H24N6O2S/c1-29(2)18-11-13-19(14-12-18)31-25(24(28-26(31)35)22-9-3-4-15-27-22)23-10-6-16-30(23)20-7-5-8-21(17-20)32(33)34/h3-17,24-25H,1-2H3,(H,28,35)/t24-,25-/m0/s1. The number of nitrogens with one attached hydrogen (secondary N) is 1. The molecular weight excluding hydrogens is 460 g/mol. The summed E-state index contributed by atoms with van der Waals surface area (Å²) in [4.78, 5) is 19.8. The zero-order valence-corrected chi connectivity index (χ0v) is 20.1. The van der Waals surface area contributed by atoms with Crippen LogP contribution in [0.5, 0.6) is 0 Å². The van der Waals surface area contributed by atoms with E-state index in [2.05, 4.69) is 39.5 Å². The van der Waals surface area contributed by atoms with Gasteiger partial charge in [0.25, 0.3) is 5.69 Å². The molecule has 0 aliphatic carbocycles. The molecule has 0 spiro atoms. The fourth-order valence-corrected chi connectivity index (χ4v) is 4.82. The number of nitrogens with zero attached hydrogens (tertiary/aromatic N) is 5. The lowest BCUT2D eigenvalue weighted by molar-refractivity contribution is -0.384. The Morgan fingerprint density at radius 2 is 1.80 bits per heavy atom. The maximum atomic E-state index is 11.4. The Kier molecular flexibility index (Phi) is 5.92. The van der Waals surface area contributed by atoms with E-state index < -0.39 is 0 Å². The molecule has 0 unspecified atom stereocenters. The van der Waals surface area contributed by atoms with Gasteiger partial charge in [-0.15, -0.1) is 0 Å². The lowest BCUT2D eigenvalue weighted by Gasteiger charge is -2.29. The second-order valence-electron chi connectivity index (χ2n) is 8.49. The summed E-state index contributed by atoms with van der Waals surface area (Å²) in [5, 5.41) is 15.5. The topological polar surface area (TPSA) is 79.5 Å². The second kappa shape index (κ2) is 9.19. The van der Waals surface area contributed by atoms with Crippen LogP contribution in [0, 0.1) is 10.1 Å². The predicted molar refractivity (Wildman–Crippen MR) is 141 cm³/mol. The summed E-state index contributed by atoms with van der Waals surface area (Å²) in [5.41, 5.74) is 4.58.